The topological polar surface area (TPSA) is 61.8 Å². The van der Waals surface area contributed by atoms with Crippen LogP contribution in [0.5, 0.6) is 0 Å². The quantitative estimate of drug-likeness (QED) is 0.540. The van der Waals surface area contributed by atoms with Crippen molar-refractivity contribution in [3.05, 3.63) is 33.8 Å². The monoisotopic (exact) mass is 364 g/mol. The van der Waals surface area contributed by atoms with Crippen molar-refractivity contribution in [1.29, 1.82) is 0 Å². The van der Waals surface area contributed by atoms with Crippen molar-refractivity contribution in [1.82, 2.24) is 0 Å². The van der Waals surface area contributed by atoms with Crippen LogP contribution in [-0.4, -0.2) is 26.3 Å². The van der Waals surface area contributed by atoms with Gasteiger partial charge in [0.1, 0.15) is 0 Å². The molecule has 20 heavy (non-hydrogen) atoms. The zero-order valence-electron chi connectivity index (χ0n) is 11.7. The Balaban J connectivity index is 3.12. The molecule has 0 heterocycles. The average Bonchev–Trinajstić information content (AvgIpc) is 2.40. The van der Waals surface area contributed by atoms with Crippen LogP contribution in [-0.2, 0) is 24.5 Å². The van der Waals surface area contributed by atoms with Gasteiger partial charge in [-0.15, -0.1) is 0 Å². The Morgan fingerprint density at radius 3 is 2.35 bits per heavy atom. The van der Waals surface area contributed by atoms with Gasteiger partial charge in [0.05, 0.1) is 32.0 Å². The zero-order chi connectivity index (χ0) is 15.2. The standard InChI is InChI=1S/C13H18BrO5P/c1-4-18-20(16,19-5-2)9-10-6-7-11(14)8-12(10)13(15)17-3/h6-8H,4-5,9H2,1-3H3. The van der Waals surface area contributed by atoms with Crippen LogP contribution in [0.4, 0.5) is 0 Å². The first-order valence-electron chi connectivity index (χ1n) is 6.20. The van der Waals surface area contributed by atoms with Gasteiger partial charge in [-0.25, -0.2) is 4.79 Å². The van der Waals surface area contributed by atoms with E-state index in [-0.39, 0.29) is 19.4 Å². The van der Waals surface area contributed by atoms with Crippen LogP contribution in [0.3, 0.4) is 0 Å². The fourth-order valence-corrected chi connectivity index (χ4v) is 3.82. The van der Waals surface area contributed by atoms with Gasteiger partial charge in [-0.05, 0) is 31.5 Å². The molecule has 0 unspecified atom stereocenters. The molecule has 112 valence electrons. The van der Waals surface area contributed by atoms with Crippen molar-refractivity contribution in [2.75, 3.05) is 20.3 Å². The van der Waals surface area contributed by atoms with Gasteiger partial charge in [-0.2, -0.15) is 0 Å². The Bertz CT molecular complexity index is 507. The molecule has 0 amide bonds. The summed E-state index contributed by atoms with van der Waals surface area (Å²) in [5, 5.41) is 0. The van der Waals surface area contributed by atoms with E-state index in [4.69, 9.17) is 13.8 Å². The molecule has 0 saturated carbocycles. The first kappa shape index (κ1) is 17.4. The number of carbonyl (C=O) groups excluding carboxylic acids is 1. The minimum Gasteiger partial charge on any atom is -0.465 e. The Morgan fingerprint density at radius 1 is 1.25 bits per heavy atom. The normalized spacial score (nSPS) is 11.4. The highest BCUT2D eigenvalue weighted by Crippen LogP contribution is 2.51. The molecular formula is C13H18BrO5P. The molecule has 0 N–H and O–H groups in total. The second kappa shape index (κ2) is 7.93. The van der Waals surface area contributed by atoms with Gasteiger partial charge in [-0.1, -0.05) is 22.0 Å². The fourth-order valence-electron chi connectivity index (χ4n) is 1.72. The molecule has 1 rings (SSSR count). The van der Waals surface area contributed by atoms with Gasteiger partial charge in [0.2, 0.25) is 0 Å². The molecule has 0 aliphatic rings. The van der Waals surface area contributed by atoms with Crippen molar-refractivity contribution in [2.45, 2.75) is 20.0 Å². The van der Waals surface area contributed by atoms with E-state index in [9.17, 15) is 9.36 Å². The summed E-state index contributed by atoms with van der Waals surface area (Å²) in [6.45, 7) is 4.05. The maximum absolute atomic E-state index is 12.5. The van der Waals surface area contributed by atoms with Crippen LogP contribution in [0.25, 0.3) is 0 Å². The second-order valence-corrected chi connectivity index (χ2v) is 6.87. The minimum absolute atomic E-state index is 0.0341. The van der Waals surface area contributed by atoms with Crippen molar-refractivity contribution < 1.29 is 23.1 Å². The lowest BCUT2D eigenvalue weighted by Gasteiger charge is -2.18. The molecular weight excluding hydrogens is 347 g/mol. The van der Waals surface area contributed by atoms with Gasteiger partial charge in [0.25, 0.3) is 0 Å². The molecule has 0 atom stereocenters. The molecule has 0 saturated heterocycles. The summed E-state index contributed by atoms with van der Waals surface area (Å²) in [5.41, 5.74) is 0.923. The average molecular weight is 365 g/mol. The number of rotatable bonds is 7. The van der Waals surface area contributed by atoms with Crippen LogP contribution < -0.4 is 0 Å². The summed E-state index contributed by atoms with van der Waals surface area (Å²) < 4.78 is 28.5. The van der Waals surface area contributed by atoms with Crippen molar-refractivity contribution in [2.24, 2.45) is 0 Å². The molecule has 7 heteroatoms. The molecule has 1 aromatic rings. The zero-order valence-corrected chi connectivity index (χ0v) is 14.2. The summed E-state index contributed by atoms with van der Waals surface area (Å²) >= 11 is 3.30. The summed E-state index contributed by atoms with van der Waals surface area (Å²) in [7, 11) is -1.95. The Hall–Kier alpha value is -0.680. The Kier molecular flexibility index (Phi) is 6.89. The molecule has 0 aliphatic heterocycles. The minimum atomic E-state index is -3.26. The van der Waals surface area contributed by atoms with E-state index in [1.54, 1.807) is 32.0 Å². The highest BCUT2D eigenvalue weighted by molar-refractivity contribution is 9.10. The van der Waals surface area contributed by atoms with Crippen molar-refractivity contribution in [3.8, 4) is 0 Å². The third kappa shape index (κ3) is 4.70. The van der Waals surface area contributed by atoms with E-state index in [2.05, 4.69) is 15.9 Å². The van der Waals surface area contributed by atoms with Crippen molar-refractivity contribution >= 4 is 29.5 Å². The fraction of sp³-hybridized carbons (Fsp3) is 0.462. The lowest BCUT2D eigenvalue weighted by Crippen LogP contribution is -2.07. The van der Waals surface area contributed by atoms with E-state index in [1.807, 2.05) is 0 Å². The van der Waals surface area contributed by atoms with Gasteiger partial charge in [0, 0.05) is 4.47 Å². The third-order valence-corrected chi connectivity index (χ3v) is 5.02. The highest BCUT2D eigenvalue weighted by Gasteiger charge is 2.27. The number of methoxy groups -OCH3 is 1. The van der Waals surface area contributed by atoms with Crippen LogP contribution in [0.15, 0.2) is 22.7 Å². The summed E-state index contributed by atoms with van der Waals surface area (Å²) in [5.74, 6) is -0.485. The number of benzene rings is 1. The lowest BCUT2D eigenvalue weighted by atomic mass is 10.1. The smallest absolute Gasteiger partial charge is 0.338 e. The van der Waals surface area contributed by atoms with Gasteiger partial charge >= 0.3 is 13.6 Å². The number of hydrogen-bond acceptors (Lipinski definition) is 5. The summed E-state index contributed by atoms with van der Waals surface area (Å²) in [4.78, 5) is 11.8. The molecule has 0 aromatic heterocycles. The molecule has 0 radical (unpaired) electrons. The first-order chi connectivity index (χ1) is 9.45. The van der Waals surface area contributed by atoms with Crippen molar-refractivity contribution in [3.63, 3.8) is 0 Å². The maximum Gasteiger partial charge on any atom is 0.338 e. The predicted molar refractivity (Wildman–Crippen MR) is 80.0 cm³/mol. The van der Waals surface area contributed by atoms with E-state index in [0.717, 1.165) is 4.47 Å². The van der Waals surface area contributed by atoms with Crippen LogP contribution >= 0.6 is 23.5 Å². The lowest BCUT2D eigenvalue weighted by molar-refractivity contribution is 0.0599. The predicted octanol–water partition coefficient (Wildman–Crippen LogP) is 4.00. The van der Waals surface area contributed by atoms with E-state index >= 15 is 0 Å². The first-order valence-corrected chi connectivity index (χ1v) is 8.72. The Labute approximate surface area is 127 Å². The highest BCUT2D eigenvalue weighted by atomic mass is 79.9. The number of esters is 1. The molecule has 1 aromatic carbocycles. The second-order valence-electron chi connectivity index (χ2n) is 3.90. The van der Waals surface area contributed by atoms with Gasteiger partial charge in [-0.3, -0.25) is 4.57 Å². The molecule has 0 aliphatic carbocycles. The SMILES string of the molecule is CCOP(=O)(Cc1ccc(Br)cc1C(=O)OC)OCC. The summed E-state index contributed by atoms with van der Waals surface area (Å²) in [6, 6.07) is 5.11. The molecule has 0 bridgehead atoms. The van der Waals surface area contributed by atoms with E-state index in [0.29, 0.717) is 11.1 Å². The number of hydrogen-bond donors (Lipinski definition) is 0. The van der Waals surface area contributed by atoms with Crippen LogP contribution in [0.2, 0.25) is 0 Å². The van der Waals surface area contributed by atoms with E-state index in [1.165, 1.54) is 7.11 Å². The van der Waals surface area contributed by atoms with Crippen LogP contribution in [0, 0.1) is 0 Å². The van der Waals surface area contributed by atoms with Gasteiger partial charge < -0.3 is 13.8 Å². The van der Waals surface area contributed by atoms with E-state index < -0.39 is 13.6 Å². The largest absolute Gasteiger partial charge is 0.465 e. The number of carbonyl (C=O) groups is 1. The maximum atomic E-state index is 12.5. The molecule has 0 fully saturated rings. The Morgan fingerprint density at radius 2 is 1.85 bits per heavy atom. The summed E-state index contributed by atoms with van der Waals surface area (Å²) in [6.07, 6.45) is 0.0341. The number of ether oxygens (including phenoxy) is 1. The van der Waals surface area contributed by atoms with Crippen LogP contribution in [0.1, 0.15) is 29.8 Å². The third-order valence-electron chi connectivity index (χ3n) is 2.49. The number of halogens is 1. The molecule has 5 nitrogen and oxygen atoms in total. The molecule has 0 spiro atoms. The van der Waals surface area contributed by atoms with Gasteiger partial charge in [0.15, 0.2) is 0 Å².